The van der Waals surface area contributed by atoms with Crippen LogP contribution in [0.3, 0.4) is 0 Å². The SMILES string of the molecule is C=CS/C(=N\N)C(F)(F)F. The molecule has 0 aromatic heterocycles. The molecule has 6 heteroatoms. The standard InChI is InChI=1S/C4H5F3N2S/c1-2-10-3(9-8)4(5,6)7/h2H,1,8H2/b9-3-. The van der Waals surface area contributed by atoms with Crippen molar-refractivity contribution in [1.29, 1.82) is 0 Å². The molecule has 2 nitrogen and oxygen atoms in total. The predicted octanol–water partition coefficient (Wildman–Crippen LogP) is 1.70. The predicted molar refractivity (Wildman–Crippen MR) is 35.5 cm³/mol. The molecule has 0 unspecified atom stereocenters. The number of nitrogens with zero attached hydrogens (tertiary/aromatic N) is 1. The highest BCUT2D eigenvalue weighted by Gasteiger charge is 2.35. The highest BCUT2D eigenvalue weighted by atomic mass is 32.2. The van der Waals surface area contributed by atoms with E-state index in [4.69, 9.17) is 0 Å². The van der Waals surface area contributed by atoms with E-state index in [0.29, 0.717) is 11.8 Å². The van der Waals surface area contributed by atoms with Gasteiger partial charge in [-0.05, 0) is 5.41 Å². The average molecular weight is 170 g/mol. The van der Waals surface area contributed by atoms with E-state index in [0.717, 1.165) is 5.41 Å². The van der Waals surface area contributed by atoms with Crippen molar-refractivity contribution in [3.8, 4) is 0 Å². The van der Waals surface area contributed by atoms with Gasteiger partial charge < -0.3 is 5.84 Å². The van der Waals surface area contributed by atoms with E-state index >= 15 is 0 Å². The van der Waals surface area contributed by atoms with Gasteiger partial charge in [0.25, 0.3) is 0 Å². The minimum atomic E-state index is -4.46. The summed E-state index contributed by atoms with van der Waals surface area (Å²) in [6, 6.07) is 0. The summed E-state index contributed by atoms with van der Waals surface area (Å²) in [5.74, 6) is 4.44. The van der Waals surface area contributed by atoms with Crippen LogP contribution < -0.4 is 5.84 Å². The molecule has 0 spiro atoms. The highest BCUT2D eigenvalue weighted by molar-refractivity contribution is 8.16. The monoisotopic (exact) mass is 170 g/mol. The second-order valence-electron chi connectivity index (χ2n) is 1.22. The highest BCUT2D eigenvalue weighted by Crippen LogP contribution is 2.24. The first-order chi connectivity index (χ1) is 4.52. The number of halogens is 3. The molecule has 0 radical (unpaired) electrons. The van der Waals surface area contributed by atoms with Gasteiger partial charge in [0, 0.05) is 0 Å². The number of hydrogen-bond donors (Lipinski definition) is 1. The van der Waals surface area contributed by atoms with Gasteiger partial charge in [-0.3, -0.25) is 0 Å². The van der Waals surface area contributed by atoms with Crippen LogP contribution in [0.5, 0.6) is 0 Å². The van der Waals surface area contributed by atoms with E-state index in [1.165, 1.54) is 0 Å². The summed E-state index contributed by atoms with van der Waals surface area (Å²) in [6.45, 7) is 3.09. The Labute approximate surface area is 60.0 Å². The molecular formula is C4H5F3N2S. The Morgan fingerprint density at radius 2 is 2.10 bits per heavy atom. The number of hydrogen-bond acceptors (Lipinski definition) is 3. The molecule has 0 heterocycles. The summed E-state index contributed by atoms with van der Waals surface area (Å²) in [4.78, 5) is 0. The number of thioether (sulfide) groups is 1. The van der Waals surface area contributed by atoms with Crippen molar-refractivity contribution in [2.45, 2.75) is 6.18 Å². The Morgan fingerprint density at radius 3 is 2.20 bits per heavy atom. The Kier molecular flexibility index (Phi) is 3.27. The van der Waals surface area contributed by atoms with Gasteiger partial charge in [-0.25, -0.2) is 0 Å². The Bertz CT molecular complexity index is 151. The fourth-order valence-electron chi connectivity index (χ4n) is 0.249. The lowest BCUT2D eigenvalue weighted by Gasteiger charge is -2.04. The maximum atomic E-state index is 11.6. The summed E-state index contributed by atoms with van der Waals surface area (Å²) in [6.07, 6.45) is -4.46. The van der Waals surface area contributed by atoms with Crippen LogP contribution in [-0.2, 0) is 0 Å². The van der Waals surface area contributed by atoms with Crippen LogP contribution in [0.4, 0.5) is 13.2 Å². The van der Waals surface area contributed by atoms with Gasteiger partial charge in [-0.1, -0.05) is 18.3 Å². The maximum absolute atomic E-state index is 11.6. The lowest BCUT2D eigenvalue weighted by atomic mass is 10.7. The first-order valence-electron chi connectivity index (χ1n) is 2.15. The average Bonchev–Trinajstić information content (AvgIpc) is 1.80. The topological polar surface area (TPSA) is 38.4 Å². The molecule has 0 atom stereocenters. The van der Waals surface area contributed by atoms with Gasteiger partial charge in [-0.2, -0.15) is 18.3 Å². The van der Waals surface area contributed by atoms with Gasteiger partial charge in [0.2, 0.25) is 5.04 Å². The fourth-order valence-corrected chi connectivity index (χ4v) is 0.602. The smallest absolute Gasteiger partial charge is 0.322 e. The van der Waals surface area contributed by atoms with Crippen LogP contribution in [-0.4, -0.2) is 11.2 Å². The van der Waals surface area contributed by atoms with Crippen molar-refractivity contribution >= 4 is 16.8 Å². The molecule has 0 rings (SSSR count). The molecule has 0 aliphatic heterocycles. The molecule has 0 aliphatic rings. The minimum absolute atomic E-state index is 0.347. The van der Waals surface area contributed by atoms with Crippen molar-refractivity contribution in [3.05, 3.63) is 12.0 Å². The van der Waals surface area contributed by atoms with Gasteiger partial charge in [0.15, 0.2) is 0 Å². The van der Waals surface area contributed by atoms with Crippen molar-refractivity contribution < 1.29 is 13.2 Å². The molecule has 2 N–H and O–H groups in total. The van der Waals surface area contributed by atoms with Gasteiger partial charge in [0.1, 0.15) is 0 Å². The van der Waals surface area contributed by atoms with Crippen LogP contribution in [0.15, 0.2) is 17.1 Å². The van der Waals surface area contributed by atoms with Gasteiger partial charge in [-0.15, -0.1) is 0 Å². The van der Waals surface area contributed by atoms with E-state index in [9.17, 15) is 13.2 Å². The largest absolute Gasteiger partial charge is 0.441 e. The second-order valence-corrected chi connectivity index (χ2v) is 2.17. The number of rotatable bonds is 1. The van der Waals surface area contributed by atoms with E-state index in [-0.39, 0.29) is 0 Å². The van der Waals surface area contributed by atoms with Crippen molar-refractivity contribution in [2.24, 2.45) is 10.9 Å². The van der Waals surface area contributed by atoms with Crippen LogP contribution >= 0.6 is 11.8 Å². The van der Waals surface area contributed by atoms with E-state index in [1.807, 2.05) is 0 Å². The van der Waals surface area contributed by atoms with Crippen molar-refractivity contribution in [1.82, 2.24) is 0 Å². The first kappa shape index (κ1) is 9.35. The summed E-state index contributed by atoms with van der Waals surface area (Å²) in [5, 5.41) is 2.45. The molecule has 0 aromatic rings. The molecule has 0 saturated carbocycles. The summed E-state index contributed by atoms with van der Waals surface area (Å²) < 4.78 is 34.9. The Morgan fingerprint density at radius 1 is 1.60 bits per heavy atom. The zero-order valence-electron chi connectivity index (χ0n) is 4.85. The molecule has 0 aliphatic carbocycles. The molecule has 58 valence electrons. The molecule has 0 aromatic carbocycles. The number of alkyl halides is 3. The normalized spacial score (nSPS) is 13.3. The Hall–Kier alpha value is -0.650. The Balaban J connectivity index is 4.23. The maximum Gasteiger partial charge on any atom is 0.441 e. The lowest BCUT2D eigenvalue weighted by molar-refractivity contribution is -0.0555. The molecule has 0 bridgehead atoms. The molecular weight excluding hydrogens is 165 g/mol. The third-order valence-corrected chi connectivity index (χ3v) is 1.28. The van der Waals surface area contributed by atoms with Crippen LogP contribution in [0.1, 0.15) is 0 Å². The molecule has 0 amide bonds. The fraction of sp³-hybridized carbons (Fsp3) is 0.250. The zero-order chi connectivity index (χ0) is 8.20. The van der Waals surface area contributed by atoms with Crippen molar-refractivity contribution in [3.63, 3.8) is 0 Å². The van der Waals surface area contributed by atoms with Crippen molar-refractivity contribution in [2.75, 3.05) is 0 Å². The van der Waals surface area contributed by atoms with Gasteiger partial charge in [0.05, 0.1) is 0 Å². The summed E-state index contributed by atoms with van der Waals surface area (Å²) >= 11 is 0.347. The third kappa shape index (κ3) is 2.77. The third-order valence-electron chi connectivity index (χ3n) is 0.555. The lowest BCUT2D eigenvalue weighted by Crippen LogP contribution is -2.20. The van der Waals surface area contributed by atoms with E-state index in [1.54, 1.807) is 0 Å². The summed E-state index contributed by atoms with van der Waals surface area (Å²) in [7, 11) is 0. The quantitative estimate of drug-likeness (QED) is 0.281. The van der Waals surface area contributed by atoms with Gasteiger partial charge >= 0.3 is 6.18 Å². The minimum Gasteiger partial charge on any atom is -0.322 e. The van der Waals surface area contributed by atoms with E-state index < -0.39 is 11.2 Å². The second kappa shape index (κ2) is 3.50. The van der Waals surface area contributed by atoms with Crippen LogP contribution in [0.2, 0.25) is 0 Å². The van der Waals surface area contributed by atoms with E-state index in [2.05, 4.69) is 17.5 Å². The van der Waals surface area contributed by atoms with Crippen LogP contribution in [0, 0.1) is 0 Å². The zero-order valence-corrected chi connectivity index (χ0v) is 5.67. The molecule has 0 fully saturated rings. The molecule has 10 heavy (non-hydrogen) atoms. The first-order valence-corrected chi connectivity index (χ1v) is 3.03. The number of nitrogens with two attached hydrogens (primary N) is 1. The van der Waals surface area contributed by atoms with Crippen LogP contribution in [0.25, 0.3) is 0 Å². The summed E-state index contributed by atoms with van der Waals surface area (Å²) in [5.41, 5.74) is 0. The molecule has 0 saturated heterocycles. The number of hydrazone groups is 1.